The Hall–Kier alpha value is -2.43. The van der Waals surface area contributed by atoms with Crippen molar-refractivity contribution in [2.45, 2.75) is 0 Å². The summed E-state index contributed by atoms with van der Waals surface area (Å²) in [6.07, 6.45) is 0. The molecule has 2 rings (SSSR count). The van der Waals surface area contributed by atoms with Crippen LogP contribution >= 0.6 is 0 Å². The van der Waals surface area contributed by atoms with Crippen LogP contribution in [0.2, 0.25) is 0 Å². The smallest absolute Gasteiger partial charge is 0.240 e. The Labute approximate surface area is 112 Å². The summed E-state index contributed by atoms with van der Waals surface area (Å²) in [6.45, 7) is 0. The van der Waals surface area contributed by atoms with Crippen LogP contribution in [0.3, 0.4) is 0 Å². The minimum atomic E-state index is 0.362. The summed E-state index contributed by atoms with van der Waals surface area (Å²) in [5, 5.41) is 0. The van der Waals surface area contributed by atoms with Gasteiger partial charge in [-0.3, -0.25) is 0 Å². The number of nitrogen functional groups attached to an aromatic ring is 1. The molecule has 1 aromatic heterocycles. The predicted molar refractivity (Wildman–Crippen MR) is 76.0 cm³/mol. The van der Waals surface area contributed by atoms with Gasteiger partial charge in [0.25, 0.3) is 0 Å². The van der Waals surface area contributed by atoms with Crippen molar-refractivity contribution in [3.8, 4) is 17.5 Å². The van der Waals surface area contributed by atoms with Crippen LogP contribution in [0, 0.1) is 0 Å². The van der Waals surface area contributed by atoms with Gasteiger partial charge in [-0.15, -0.1) is 0 Å². The number of hydrogen-bond donors (Lipinski definition) is 1. The van der Waals surface area contributed by atoms with Crippen LogP contribution in [0.5, 0.6) is 17.5 Å². The van der Waals surface area contributed by atoms with Gasteiger partial charge in [0.05, 0.1) is 12.8 Å². The van der Waals surface area contributed by atoms with Crippen molar-refractivity contribution in [1.29, 1.82) is 0 Å². The Bertz CT molecular complexity index is 570. The van der Waals surface area contributed by atoms with E-state index in [1.54, 1.807) is 12.1 Å². The zero-order chi connectivity index (χ0) is 13.8. The molecule has 0 radical (unpaired) electrons. The van der Waals surface area contributed by atoms with Gasteiger partial charge in [0, 0.05) is 31.9 Å². The standard InChI is InChI=1S/C14H17N3O2/c1-17(2)10-5-4-6-11(9-10)19-13-8-7-12(15)14(16-13)18-3/h4-9H,15H2,1-3H3. The van der Waals surface area contributed by atoms with Gasteiger partial charge >= 0.3 is 0 Å². The number of benzene rings is 1. The maximum atomic E-state index is 5.71. The van der Waals surface area contributed by atoms with E-state index in [1.165, 1.54) is 7.11 Å². The average Bonchev–Trinajstić information content (AvgIpc) is 2.41. The van der Waals surface area contributed by atoms with Crippen LogP contribution in [0.4, 0.5) is 11.4 Å². The molecule has 0 fully saturated rings. The first kappa shape index (κ1) is 13.0. The fourth-order valence-corrected chi connectivity index (χ4v) is 1.60. The second kappa shape index (κ2) is 5.48. The first-order valence-electron chi connectivity index (χ1n) is 5.86. The summed E-state index contributed by atoms with van der Waals surface area (Å²) in [4.78, 5) is 6.18. The third kappa shape index (κ3) is 3.07. The minimum absolute atomic E-state index is 0.362. The van der Waals surface area contributed by atoms with E-state index in [0.29, 0.717) is 23.2 Å². The van der Waals surface area contributed by atoms with E-state index >= 15 is 0 Å². The topological polar surface area (TPSA) is 60.6 Å². The molecule has 2 aromatic rings. The molecule has 0 saturated carbocycles. The fourth-order valence-electron chi connectivity index (χ4n) is 1.60. The van der Waals surface area contributed by atoms with Crippen molar-refractivity contribution in [1.82, 2.24) is 4.98 Å². The summed E-state index contributed by atoms with van der Waals surface area (Å²) in [6, 6.07) is 11.2. The molecule has 0 aliphatic carbocycles. The van der Waals surface area contributed by atoms with Gasteiger partial charge in [-0.1, -0.05) is 6.07 Å². The molecule has 1 heterocycles. The Morgan fingerprint density at radius 3 is 2.63 bits per heavy atom. The normalized spacial score (nSPS) is 10.1. The van der Waals surface area contributed by atoms with Crippen molar-refractivity contribution in [2.75, 3.05) is 31.8 Å². The van der Waals surface area contributed by atoms with Gasteiger partial charge in [0.1, 0.15) is 5.75 Å². The fraction of sp³-hybridized carbons (Fsp3) is 0.214. The van der Waals surface area contributed by atoms with Crippen molar-refractivity contribution in [2.24, 2.45) is 0 Å². The zero-order valence-electron chi connectivity index (χ0n) is 11.3. The van der Waals surface area contributed by atoms with E-state index in [1.807, 2.05) is 43.3 Å². The molecule has 0 bridgehead atoms. The lowest BCUT2D eigenvalue weighted by Gasteiger charge is -2.14. The van der Waals surface area contributed by atoms with E-state index in [2.05, 4.69) is 4.98 Å². The Morgan fingerprint density at radius 2 is 1.95 bits per heavy atom. The predicted octanol–water partition coefficient (Wildman–Crippen LogP) is 2.53. The van der Waals surface area contributed by atoms with Crippen molar-refractivity contribution >= 4 is 11.4 Å². The number of methoxy groups -OCH3 is 1. The molecule has 5 nitrogen and oxygen atoms in total. The molecule has 0 saturated heterocycles. The van der Waals surface area contributed by atoms with E-state index in [9.17, 15) is 0 Å². The van der Waals surface area contributed by atoms with Gasteiger partial charge in [-0.05, 0) is 18.2 Å². The number of rotatable bonds is 4. The Kier molecular flexibility index (Phi) is 3.75. The minimum Gasteiger partial charge on any atom is -0.479 e. The maximum absolute atomic E-state index is 5.71. The van der Waals surface area contributed by atoms with Crippen LogP contribution in [-0.2, 0) is 0 Å². The van der Waals surface area contributed by atoms with Gasteiger partial charge in [-0.25, -0.2) is 0 Å². The number of hydrogen-bond acceptors (Lipinski definition) is 5. The molecular formula is C14H17N3O2. The number of pyridine rings is 1. The monoisotopic (exact) mass is 259 g/mol. The van der Waals surface area contributed by atoms with Gasteiger partial charge < -0.3 is 20.1 Å². The van der Waals surface area contributed by atoms with Crippen LogP contribution in [0.1, 0.15) is 0 Å². The molecule has 0 aliphatic heterocycles. The summed E-state index contributed by atoms with van der Waals surface area (Å²) in [7, 11) is 5.47. The number of nitrogens with zero attached hydrogens (tertiary/aromatic N) is 2. The molecule has 19 heavy (non-hydrogen) atoms. The lowest BCUT2D eigenvalue weighted by atomic mass is 10.3. The largest absolute Gasteiger partial charge is 0.479 e. The summed E-state index contributed by atoms with van der Waals surface area (Å²) in [5.74, 6) is 1.52. The van der Waals surface area contributed by atoms with Crippen LogP contribution in [0.15, 0.2) is 36.4 Å². The molecule has 5 heteroatoms. The summed E-state index contributed by atoms with van der Waals surface area (Å²) in [5.41, 5.74) is 7.25. The molecular weight excluding hydrogens is 242 g/mol. The first-order valence-corrected chi connectivity index (χ1v) is 5.86. The first-order chi connectivity index (χ1) is 9.10. The summed E-state index contributed by atoms with van der Waals surface area (Å²) < 4.78 is 10.8. The summed E-state index contributed by atoms with van der Waals surface area (Å²) >= 11 is 0. The van der Waals surface area contributed by atoms with Crippen molar-refractivity contribution in [3.05, 3.63) is 36.4 Å². The third-order valence-electron chi connectivity index (χ3n) is 2.61. The highest BCUT2D eigenvalue weighted by Gasteiger charge is 2.05. The van der Waals surface area contributed by atoms with Crippen LogP contribution < -0.4 is 20.1 Å². The third-order valence-corrected chi connectivity index (χ3v) is 2.61. The lowest BCUT2D eigenvalue weighted by Crippen LogP contribution is -2.08. The Balaban J connectivity index is 2.23. The molecule has 1 aromatic carbocycles. The average molecular weight is 259 g/mol. The van der Waals surface area contributed by atoms with E-state index in [4.69, 9.17) is 15.2 Å². The van der Waals surface area contributed by atoms with Gasteiger partial charge in [0.2, 0.25) is 11.8 Å². The van der Waals surface area contributed by atoms with Crippen molar-refractivity contribution in [3.63, 3.8) is 0 Å². The van der Waals surface area contributed by atoms with Crippen molar-refractivity contribution < 1.29 is 9.47 Å². The van der Waals surface area contributed by atoms with Gasteiger partial charge in [0.15, 0.2) is 0 Å². The number of anilines is 2. The molecule has 0 spiro atoms. The van der Waals surface area contributed by atoms with E-state index in [-0.39, 0.29) is 0 Å². The maximum Gasteiger partial charge on any atom is 0.240 e. The molecule has 100 valence electrons. The highest BCUT2D eigenvalue weighted by Crippen LogP contribution is 2.27. The quantitative estimate of drug-likeness (QED) is 0.914. The van der Waals surface area contributed by atoms with Crippen LogP contribution in [-0.4, -0.2) is 26.2 Å². The van der Waals surface area contributed by atoms with E-state index in [0.717, 1.165) is 5.69 Å². The SMILES string of the molecule is COc1nc(Oc2cccc(N(C)C)c2)ccc1N. The molecule has 0 atom stereocenters. The highest BCUT2D eigenvalue weighted by molar-refractivity contribution is 5.52. The highest BCUT2D eigenvalue weighted by atomic mass is 16.5. The van der Waals surface area contributed by atoms with E-state index < -0.39 is 0 Å². The zero-order valence-corrected chi connectivity index (χ0v) is 11.3. The molecule has 0 aliphatic rings. The second-order valence-electron chi connectivity index (χ2n) is 4.24. The molecule has 0 unspecified atom stereocenters. The number of ether oxygens (including phenoxy) is 2. The number of nitrogens with two attached hydrogens (primary N) is 1. The molecule has 2 N–H and O–H groups in total. The van der Waals surface area contributed by atoms with Crippen LogP contribution in [0.25, 0.3) is 0 Å². The second-order valence-corrected chi connectivity index (χ2v) is 4.24. The number of aromatic nitrogens is 1. The Morgan fingerprint density at radius 1 is 1.16 bits per heavy atom. The van der Waals surface area contributed by atoms with Gasteiger partial charge in [-0.2, -0.15) is 4.98 Å². The lowest BCUT2D eigenvalue weighted by molar-refractivity contribution is 0.385. The molecule has 0 amide bonds.